The van der Waals surface area contributed by atoms with Crippen molar-refractivity contribution in [3.05, 3.63) is 58.1 Å². The highest BCUT2D eigenvalue weighted by Crippen LogP contribution is 2.27. The molecule has 7 heteroatoms. The molecule has 2 N–H and O–H groups in total. The van der Waals surface area contributed by atoms with Crippen LogP contribution in [0.5, 0.6) is 11.5 Å². The third-order valence-corrected chi connectivity index (χ3v) is 3.11. The SMILES string of the molecule is O=C(COc1ccc(Cl)cc1Cl)N/N=C\c1ccccc1O. The molecule has 1 amide bonds. The summed E-state index contributed by atoms with van der Waals surface area (Å²) in [6.07, 6.45) is 1.34. The molecule has 5 nitrogen and oxygen atoms in total. The Bertz CT molecular complexity index is 705. The van der Waals surface area contributed by atoms with E-state index in [1.807, 2.05) is 0 Å². The fourth-order valence-electron chi connectivity index (χ4n) is 1.54. The Morgan fingerprint density at radius 1 is 1.27 bits per heavy atom. The van der Waals surface area contributed by atoms with Crippen molar-refractivity contribution < 1.29 is 14.6 Å². The van der Waals surface area contributed by atoms with Gasteiger partial charge in [0.1, 0.15) is 11.5 Å². The van der Waals surface area contributed by atoms with Crippen molar-refractivity contribution >= 4 is 35.3 Å². The number of halogens is 2. The van der Waals surface area contributed by atoms with E-state index in [2.05, 4.69) is 10.5 Å². The number of ether oxygens (including phenoxy) is 1. The Morgan fingerprint density at radius 2 is 2.05 bits per heavy atom. The molecule has 0 aromatic heterocycles. The van der Waals surface area contributed by atoms with Gasteiger partial charge in [0, 0.05) is 10.6 Å². The number of hydrazone groups is 1. The first-order chi connectivity index (χ1) is 10.6. The second kappa shape index (κ2) is 7.68. The van der Waals surface area contributed by atoms with E-state index in [4.69, 9.17) is 27.9 Å². The molecule has 0 bridgehead atoms. The van der Waals surface area contributed by atoms with Crippen molar-refractivity contribution in [3.63, 3.8) is 0 Å². The third kappa shape index (κ3) is 4.65. The Morgan fingerprint density at radius 3 is 2.77 bits per heavy atom. The average Bonchev–Trinajstić information content (AvgIpc) is 2.48. The zero-order chi connectivity index (χ0) is 15.9. The predicted molar refractivity (Wildman–Crippen MR) is 85.8 cm³/mol. The molecule has 2 aromatic carbocycles. The predicted octanol–water partition coefficient (Wildman–Crippen LogP) is 3.23. The number of hydrogen-bond donors (Lipinski definition) is 2. The van der Waals surface area contributed by atoms with Crippen LogP contribution in [0.25, 0.3) is 0 Å². The molecule has 2 rings (SSSR count). The van der Waals surface area contributed by atoms with Gasteiger partial charge in [0.05, 0.1) is 11.2 Å². The molecule has 114 valence electrons. The lowest BCUT2D eigenvalue weighted by atomic mass is 10.2. The number of rotatable bonds is 5. The minimum Gasteiger partial charge on any atom is -0.507 e. The highest BCUT2D eigenvalue weighted by molar-refractivity contribution is 6.35. The zero-order valence-electron chi connectivity index (χ0n) is 11.3. The van der Waals surface area contributed by atoms with E-state index in [1.54, 1.807) is 30.3 Å². The van der Waals surface area contributed by atoms with E-state index in [9.17, 15) is 9.90 Å². The van der Waals surface area contributed by atoms with Crippen molar-refractivity contribution in [3.8, 4) is 11.5 Å². The van der Waals surface area contributed by atoms with Crippen LogP contribution in [0.15, 0.2) is 47.6 Å². The van der Waals surface area contributed by atoms with Gasteiger partial charge in [-0.3, -0.25) is 4.79 Å². The van der Waals surface area contributed by atoms with Gasteiger partial charge in [-0.05, 0) is 30.3 Å². The van der Waals surface area contributed by atoms with Crippen LogP contribution in [0.4, 0.5) is 0 Å². The van der Waals surface area contributed by atoms with Gasteiger partial charge in [0.15, 0.2) is 6.61 Å². The van der Waals surface area contributed by atoms with Crippen LogP contribution in [0.2, 0.25) is 10.0 Å². The summed E-state index contributed by atoms with van der Waals surface area (Å²) in [7, 11) is 0. The smallest absolute Gasteiger partial charge is 0.277 e. The zero-order valence-corrected chi connectivity index (χ0v) is 12.8. The molecule has 0 aliphatic heterocycles. The highest BCUT2D eigenvalue weighted by Gasteiger charge is 2.05. The van der Waals surface area contributed by atoms with Gasteiger partial charge >= 0.3 is 0 Å². The van der Waals surface area contributed by atoms with Crippen molar-refractivity contribution in [1.29, 1.82) is 0 Å². The van der Waals surface area contributed by atoms with Gasteiger partial charge < -0.3 is 9.84 Å². The van der Waals surface area contributed by atoms with Crippen molar-refractivity contribution in [2.24, 2.45) is 5.10 Å². The average molecular weight is 339 g/mol. The second-order valence-electron chi connectivity index (χ2n) is 4.22. The first kappa shape index (κ1) is 16.1. The Balaban J connectivity index is 1.84. The molecular weight excluding hydrogens is 327 g/mol. The number of hydrogen-bond acceptors (Lipinski definition) is 4. The summed E-state index contributed by atoms with van der Waals surface area (Å²) in [5, 5.41) is 14.1. The van der Waals surface area contributed by atoms with Crippen LogP contribution >= 0.6 is 23.2 Å². The maximum Gasteiger partial charge on any atom is 0.277 e. The number of phenolic OH excluding ortho intramolecular Hbond substituents is 1. The monoisotopic (exact) mass is 338 g/mol. The number of carbonyl (C=O) groups is 1. The summed E-state index contributed by atoms with van der Waals surface area (Å²) in [5.74, 6) is -0.0340. The number of para-hydroxylation sites is 1. The number of phenols is 1. The van der Waals surface area contributed by atoms with Gasteiger partial charge in [-0.15, -0.1) is 0 Å². The molecule has 0 heterocycles. The molecule has 0 atom stereocenters. The molecule has 0 unspecified atom stereocenters. The van der Waals surface area contributed by atoms with Crippen molar-refractivity contribution in [1.82, 2.24) is 5.43 Å². The number of benzene rings is 2. The summed E-state index contributed by atoms with van der Waals surface area (Å²) in [4.78, 5) is 11.6. The maximum atomic E-state index is 11.6. The van der Waals surface area contributed by atoms with Gasteiger partial charge in [-0.1, -0.05) is 35.3 Å². The fraction of sp³-hybridized carbons (Fsp3) is 0.0667. The molecule has 0 saturated carbocycles. The number of nitrogens with one attached hydrogen (secondary N) is 1. The van der Waals surface area contributed by atoms with Crippen LogP contribution < -0.4 is 10.2 Å². The van der Waals surface area contributed by atoms with E-state index >= 15 is 0 Å². The highest BCUT2D eigenvalue weighted by atomic mass is 35.5. The van der Waals surface area contributed by atoms with Crippen LogP contribution in [0.3, 0.4) is 0 Å². The van der Waals surface area contributed by atoms with Crippen molar-refractivity contribution in [2.75, 3.05) is 6.61 Å². The molecule has 22 heavy (non-hydrogen) atoms. The third-order valence-electron chi connectivity index (χ3n) is 2.58. The van der Waals surface area contributed by atoms with Crippen molar-refractivity contribution in [2.45, 2.75) is 0 Å². The standard InChI is InChI=1S/C15H12Cl2N2O3/c16-11-5-6-14(12(17)7-11)22-9-15(21)19-18-8-10-3-1-2-4-13(10)20/h1-8,20H,9H2,(H,19,21)/b18-8-. The van der Waals surface area contributed by atoms with Gasteiger partial charge in [0.25, 0.3) is 5.91 Å². The molecule has 0 spiro atoms. The summed E-state index contributed by atoms with van der Waals surface area (Å²) >= 11 is 11.7. The van der Waals surface area contributed by atoms with E-state index in [0.717, 1.165) is 0 Å². The largest absolute Gasteiger partial charge is 0.507 e. The summed E-state index contributed by atoms with van der Waals surface area (Å²) in [6.45, 7) is -0.251. The number of nitrogens with zero attached hydrogens (tertiary/aromatic N) is 1. The topological polar surface area (TPSA) is 70.9 Å². The van der Waals surface area contributed by atoms with E-state index in [1.165, 1.54) is 18.3 Å². The normalized spacial score (nSPS) is 10.6. The van der Waals surface area contributed by atoms with Gasteiger partial charge in [-0.25, -0.2) is 5.43 Å². The molecule has 0 aliphatic rings. The minimum absolute atomic E-state index is 0.0738. The Hall–Kier alpha value is -2.24. The van der Waals surface area contributed by atoms with Gasteiger partial charge in [-0.2, -0.15) is 5.10 Å². The first-order valence-corrected chi connectivity index (χ1v) is 6.99. The lowest BCUT2D eigenvalue weighted by molar-refractivity contribution is -0.123. The van der Waals surface area contributed by atoms with Crippen LogP contribution in [0.1, 0.15) is 5.56 Å². The maximum absolute atomic E-state index is 11.6. The second-order valence-corrected chi connectivity index (χ2v) is 5.06. The number of amides is 1. The molecule has 0 radical (unpaired) electrons. The van der Waals surface area contributed by atoms with E-state index in [-0.39, 0.29) is 12.4 Å². The molecule has 0 fully saturated rings. The van der Waals surface area contributed by atoms with E-state index in [0.29, 0.717) is 21.4 Å². The molecule has 0 aliphatic carbocycles. The number of aromatic hydroxyl groups is 1. The van der Waals surface area contributed by atoms with E-state index < -0.39 is 5.91 Å². The lowest BCUT2D eigenvalue weighted by Gasteiger charge is -2.07. The van der Waals surface area contributed by atoms with Crippen LogP contribution in [0, 0.1) is 0 Å². The molecule has 2 aromatic rings. The Kier molecular flexibility index (Phi) is 5.63. The fourth-order valence-corrected chi connectivity index (χ4v) is 2.00. The first-order valence-electron chi connectivity index (χ1n) is 6.24. The van der Waals surface area contributed by atoms with Gasteiger partial charge in [0.2, 0.25) is 0 Å². The summed E-state index contributed by atoms with van der Waals surface area (Å²) in [5.41, 5.74) is 2.77. The summed E-state index contributed by atoms with van der Waals surface area (Å²) < 4.78 is 5.25. The van der Waals surface area contributed by atoms with Crippen LogP contribution in [-0.4, -0.2) is 23.8 Å². The summed E-state index contributed by atoms with van der Waals surface area (Å²) in [6, 6.07) is 11.3. The molecule has 0 saturated heterocycles. The molecular formula is C15H12Cl2N2O3. The quantitative estimate of drug-likeness (QED) is 0.649. The number of carbonyl (C=O) groups excluding carboxylic acids is 1. The minimum atomic E-state index is -0.460. The lowest BCUT2D eigenvalue weighted by Crippen LogP contribution is -2.24. The van der Waals surface area contributed by atoms with Crippen LogP contribution in [-0.2, 0) is 4.79 Å². The Labute approximate surface area is 137 Å².